The number of nitrogens with zero attached hydrogens (tertiary/aromatic N) is 2. The van der Waals surface area contributed by atoms with Crippen LogP contribution in [0, 0.1) is 0 Å². The fourth-order valence-electron chi connectivity index (χ4n) is 3.16. The van der Waals surface area contributed by atoms with Crippen molar-refractivity contribution in [2.45, 2.75) is 18.5 Å². The molecule has 2 unspecified atom stereocenters. The number of carbonyl (C=O) groups excluding carboxylic acids is 1. The van der Waals surface area contributed by atoms with Crippen molar-refractivity contribution in [3.8, 4) is 0 Å². The topological polar surface area (TPSA) is 71.0 Å². The summed E-state index contributed by atoms with van der Waals surface area (Å²) in [6.45, 7) is 0. The second kappa shape index (κ2) is 6.07. The quantitative estimate of drug-likeness (QED) is 0.691. The minimum Gasteiger partial charge on any atom is -0.350 e. The SMILES string of the molecule is Cn1ccc2c(NC(=O)C3CC(c4cccnc4)NN3)cccc21. The highest BCUT2D eigenvalue weighted by Crippen LogP contribution is 2.26. The number of aromatic nitrogens is 2. The molecule has 1 amide bonds. The van der Waals surface area contributed by atoms with Gasteiger partial charge in [0.25, 0.3) is 0 Å². The predicted molar refractivity (Wildman–Crippen MR) is 93.2 cm³/mol. The molecule has 3 aromatic rings. The Balaban J connectivity index is 1.49. The number of rotatable bonds is 3. The van der Waals surface area contributed by atoms with Gasteiger partial charge in [-0.3, -0.25) is 9.78 Å². The van der Waals surface area contributed by atoms with Crippen LogP contribution in [0.25, 0.3) is 10.9 Å². The van der Waals surface area contributed by atoms with E-state index in [-0.39, 0.29) is 18.0 Å². The van der Waals surface area contributed by atoms with E-state index in [9.17, 15) is 4.79 Å². The van der Waals surface area contributed by atoms with Crippen LogP contribution in [-0.2, 0) is 11.8 Å². The number of hydrogen-bond donors (Lipinski definition) is 3. The number of anilines is 1. The lowest BCUT2D eigenvalue weighted by molar-refractivity contribution is -0.117. The van der Waals surface area contributed by atoms with E-state index < -0.39 is 0 Å². The molecule has 2 atom stereocenters. The molecule has 6 heteroatoms. The van der Waals surface area contributed by atoms with Crippen molar-refractivity contribution < 1.29 is 4.79 Å². The summed E-state index contributed by atoms with van der Waals surface area (Å²) in [6, 6.07) is 11.7. The highest BCUT2D eigenvalue weighted by molar-refractivity contribution is 6.03. The van der Waals surface area contributed by atoms with Crippen LogP contribution in [0.1, 0.15) is 18.0 Å². The van der Waals surface area contributed by atoms with Crippen molar-refractivity contribution in [1.82, 2.24) is 20.4 Å². The third-order valence-electron chi connectivity index (χ3n) is 4.49. The Morgan fingerprint density at radius 1 is 1.25 bits per heavy atom. The van der Waals surface area contributed by atoms with Crippen molar-refractivity contribution in [2.24, 2.45) is 7.05 Å². The zero-order valence-corrected chi connectivity index (χ0v) is 13.4. The van der Waals surface area contributed by atoms with Crippen molar-refractivity contribution in [2.75, 3.05) is 5.32 Å². The van der Waals surface area contributed by atoms with E-state index in [2.05, 4.69) is 21.2 Å². The number of aryl methyl sites for hydroxylation is 1. The summed E-state index contributed by atoms with van der Waals surface area (Å²) in [4.78, 5) is 16.7. The van der Waals surface area contributed by atoms with E-state index in [1.165, 1.54) is 0 Å². The maximum absolute atomic E-state index is 12.6. The zero-order chi connectivity index (χ0) is 16.5. The van der Waals surface area contributed by atoms with Gasteiger partial charge < -0.3 is 9.88 Å². The van der Waals surface area contributed by atoms with Crippen LogP contribution in [-0.4, -0.2) is 21.5 Å². The van der Waals surface area contributed by atoms with E-state index >= 15 is 0 Å². The molecule has 4 rings (SSSR count). The van der Waals surface area contributed by atoms with Gasteiger partial charge in [0.05, 0.1) is 5.69 Å². The lowest BCUT2D eigenvalue weighted by atomic mass is 10.0. The summed E-state index contributed by atoms with van der Waals surface area (Å²) in [5, 5.41) is 4.09. The first-order chi connectivity index (χ1) is 11.7. The maximum Gasteiger partial charge on any atom is 0.242 e. The van der Waals surface area contributed by atoms with Gasteiger partial charge in [-0.15, -0.1) is 0 Å². The first-order valence-electron chi connectivity index (χ1n) is 7.98. The monoisotopic (exact) mass is 321 g/mol. The molecule has 3 heterocycles. The molecular weight excluding hydrogens is 302 g/mol. The molecule has 1 aliphatic heterocycles. The van der Waals surface area contributed by atoms with Crippen LogP contribution < -0.4 is 16.2 Å². The molecular formula is C18H19N5O. The predicted octanol–water partition coefficient (Wildman–Crippen LogP) is 2.12. The van der Waals surface area contributed by atoms with Gasteiger partial charge >= 0.3 is 0 Å². The van der Waals surface area contributed by atoms with Crippen LogP contribution in [0.4, 0.5) is 5.69 Å². The summed E-state index contributed by atoms with van der Waals surface area (Å²) in [6.07, 6.45) is 6.25. The highest BCUT2D eigenvalue weighted by atomic mass is 16.2. The summed E-state index contributed by atoms with van der Waals surface area (Å²) in [5.41, 5.74) is 9.27. The van der Waals surface area contributed by atoms with E-state index in [1.807, 2.05) is 60.4 Å². The normalized spacial score (nSPS) is 20.4. The molecule has 0 spiro atoms. The molecule has 1 fully saturated rings. The first-order valence-corrected chi connectivity index (χ1v) is 7.98. The molecule has 0 aliphatic carbocycles. The maximum atomic E-state index is 12.6. The average Bonchev–Trinajstić information content (AvgIpc) is 3.24. The van der Waals surface area contributed by atoms with Crippen molar-refractivity contribution in [1.29, 1.82) is 0 Å². The lowest BCUT2D eigenvalue weighted by Gasteiger charge is -2.12. The highest BCUT2D eigenvalue weighted by Gasteiger charge is 2.30. The fourth-order valence-corrected chi connectivity index (χ4v) is 3.16. The number of benzene rings is 1. The molecule has 2 aromatic heterocycles. The van der Waals surface area contributed by atoms with Gasteiger partial charge in [-0.2, -0.15) is 0 Å². The minimum atomic E-state index is -0.283. The summed E-state index contributed by atoms with van der Waals surface area (Å²) >= 11 is 0. The third-order valence-corrected chi connectivity index (χ3v) is 4.49. The summed E-state index contributed by atoms with van der Waals surface area (Å²) in [5.74, 6) is -0.0368. The van der Waals surface area contributed by atoms with Crippen LogP contribution in [0.3, 0.4) is 0 Å². The Hall–Kier alpha value is -2.70. The Bertz CT molecular complexity index is 874. The molecule has 1 aromatic carbocycles. The molecule has 0 radical (unpaired) electrons. The number of pyridine rings is 1. The number of hydrogen-bond acceptors (Lipinski definition) is 4. The third kappa shape index (κ3) is 2.66. The average molecular weight is 321 g/mol. The molecule has 0 saturated carbocycles. The van der Waals surface area contributed by atoms with Gasteiger partial charge in [0.15, 0.2) is 0 Å². The largest absolute Gasteiger partial charge is 0.350 e. The number of nitrogens with one attached hydrogen (secondary N) is 3. The Morgan fingerprint density at radius 3 is 3.00 bits per heavy atom. The minimum absolute atomic E-state index is 0.0368. The molecule has 122 valence electrons. The summed E-state index contributed by atoms with van der Waals surface area (Å²) < 4.78 is 2.04. The molecule has 3 N–H and O–H groups in total. The van der Waals surface area contributed by atoms with Crippen molar-refractivity contribution >= 4 is 22.5 Å². The Labute approximate surface area is 139 Å². The van der Waals surface area contributed by atoms with Gasteiger partial charge in [-0.1, -0.05) is 12.1 Å². The van der Waals surface area contributed by atoms with E-state index in [0.29, 0.717) is 6.42 Å². The fraction of sp³-hybridized carbons (Fsp3) is 0.222. The standard InChI is InChI=1S/C18H19N5O/c1-23-9-7-13-14(5-2-6-17(13)23)20-18(24)16-10-15(21-22-16)12-4-3-8-19-11-12/h2-9,11,15-16,21-22H,10H2,1H3,(H,20,24). The van der Waals surface area contributed by atoms with Crippen molar-refractivity contribution in [3.63, 3.8) is 0 Å². The van der Waals surface area contributed by atoms with Gasteiger partial charge in [-0.25, -0.2) is 10.9 Å². The van der Waals surface area contributed by atoms with Gasteiger partial charge in [0.1, 0.15) is 6.04 Å². The van der Waals surface area contributed by atoms with E-state index in [1.54, 1.807) is 6.20 Å². The first kappa shape index (κ1) is 14.9. The molecule has 6 nitrogen and oxygen atoms in total. The second-order valence-corrected chi connectivity index (χ2v) is 6.07. The smallest absolute Gasteiger partial charge is 0.242 e. The number of fused-ring (bicyclic) bond motifs is 1. The number of carbonyl (C=O) groups is 1. The van der Waals surface area contributed by atoms with Gasteiger partial charge in [0.2, 0.25) is 5.91 Å². The number of hydrazine groups is 1. The van der Waals surface area contributed by atoms with Crippen molar-refractivity contribution in [3.05, 3.63) is 60.6 Å². The molecule has 1 saturated heterocycles. The lowest BCUT2D eigenvalue weighted by Crippen LogP contribution is -2.39. The van der Waals surface area contributed by atoms with Crippen LogP contribution in [0.5, 0.6) is 0 Å². The number of amides is 1. The summed E-state index contributed by atoms with van der Waals surface area (Å²) in [7, 11) is 1.99. The molecule has 24 heavy (non-hydrogen) atoms. The van der Waals surface area contributed by atoms with Crippen LogP contribution in [0.15, 0.2) is 55.0 Å². The Kier molecular flexibility index (Phi) is 3.76. The molecule has 1 aliphatic rings. The van der Waals surface area contributed by atoms with E-state index in [4.69, 9.17) is 0 Å². The van der Waals surface area contributed by atoms with Crippen LogP contribution in [0.2, 0.25) is 0 Å². The Morgan fingerprint density at radius 2 is 2.17 bits per heavy atom. The van der Waals surface area contributed by atoms with Gasteiger partial charge in [0, 0.05) is 42.6 Å². The van der Waals surface area contributed by atoms with Crippen LogP contribution >= 0.6 is 0 Å². The van der Waals surface area contributed by atoms with E-state index in [0.717, 1.165) is 22.2 Å². The molecule has 0 bridgehead atoms. The second-order valence-electron chi connectivity index (χ2n) is 6.07. The zero-order valence-electron chi connectivity index (χ0n) is 13.4. The van der Waals surface area contributed by atoms with Gasteiger partial charge in [-0.05, 0) is 36.2 Å².